The first kappa shape index (κ1) is 11.4. The summed E-state index contributed by atoms with van der Waals surface area (Å²) in [5.41, 5.74) is 1.78. The van der Waals surface area contributed by atoms with Crippen molar-refractivity contribution in [3.63, 3.8) is 0 Å². The van der Waals surface area contributed by atoms with Gasteiger partial charge in [0.15, 0.2) is 0 Å². The van der Waals surface area contributed by atoms with Crippen molar-refractivity contribution in [2.45, 2.75) is 18.7 Å². The number of ether oxygens (including phenoxy) is 1. The Morgan fingerprint density at radius 3 is 2.69 bits per heavy atom. The Kier molecular flexibility index (Phi) is 2.86. The van der Waals surface area contributed by atoms with Gasteiger partial charge in [0.1, 0.15) is 0 Å². The molecule has 0 amide bonds. The lowest BCUT2D eigenvalue weighted by molar-refractivity contribution is 0.175. The molecule has 0 unspecified atom stereocenters. The number of benzene rings is 1. The Morgan fingerprint density at radius 2 is 2.06 bits per heavy atom. The molecule has 0 saturated carbocycles. The summed E-state index contributed by atoms with van der Waals surface area (Å²) < 4.78 is 29.4. The van der Waals surface area contributed by atoms with Crippen LogP contribution in [0.15, 0.2) is 28.0 Å². The van der Waals surface area contributed by atoms with Gasteiger partial charge in [-0.05, 0) is 37.1 Å². The smallest absolute Gasteiger partial charge is 0.205 e. The van der Waals surface area contributed by atoms with Gasteiger partial charge in [-0.15, -0.1) is 0 Å². The van der Waals surface area contributed by atoms with Gasteiger partial charge in [0.25, 0.3) is 0 Å². The normalized spacial score (nSPS) is 17.0. The van der Waals surface area contributed by atoms with Crippen molar-refractivity contribution < 1.29 is 13.2 Å². The van der Waals surface area contributed by atoms with Crippen LogP contribution in [-0.4, -0.2) is 21.6 Å². The molecule has 0 N–H and O–H groups in total. The van der Waals surface area contributed by atoms with Crippen LogP contribution in [0.3, 0.4) is 0 Å². The van der Waals surface area contributed by atoms with E-state index in [4.69, 9.17) is 4.74 Å². The van der Waals surface area contributed by atoms with Crippen molar-refractivity contribution in [1.29, 1.82) is 0 Å². The van der Waals surface area contributed by atoms with Crippen LogP contribution in [0.2, 0.25) is 0 Å². The standard InChI is InChI=1S/C12H14O3S/c1-3-15-8-10-7-11-9(2)5-4-6-12(11)16(10,13)14/h4-7H,3,8H2,1-2H3. The van der Waals surface area contributed by atoms with E-state index in [2.05, 4.69) is 0 Å². The predicted octanol–water partition coefficient (Wildman–Crippen LogP) is 2.16. The van der Waals surface area contributed by atoms with Crippen molar-refractivity contribution in [2.75, 3.05) is 13.2 Å². The van der Waals surface area contributed by atoms with Gasteiger partial charge in [-0.2, -0.15) is 0 Å². The van der Waals surface area contributed by atoms with E-state index >= 15 is 0 Å². The quantitative estimate of drug-likeness (QED) is 0.810. The Bertz CT molecular complexity index is 541. The molecule has 0 saturated heterocycles. The summed E-state index contributed by atoms with van der Waals surface area (Å²) in [6, 6.07) is 5.32. The van der Waals surface area contributed by atoms with E-state index < -0.39 is 9.84 Å². The summed E-state index contributed by atoms with van der Waals surface area (Å²) >= 11 is 0. The molecule has 4 heteroatoms. The summed E-state index contributed by atoms with van der Waals surface area (Å²) in [5, 5.41) is 0. The maximum absolute atomic E-state index is 12.1. The molecule has 1 aliphatic heterocycles. The molecule has 0 spiro atoms. The van der Waals surface area contributed by atoms with Crippen molar-refractivity contribution in [1.82, 2.24) is 0 Å². The molecule has 0 bridgehead atoms. The van der Waals surface area contributed by atoms with Crippen molar-refractivity contribution in [2.24, 2.45) is 0 Å². The SMILES string of the molecule is CCOCC1=Cc2c(C)cccc2S1(=O)=O. The summed E-state index contributed by atoms with van der Waals surface area (Å²) in [7, 11) is -3.31. The summed E-state index contributed by atoms with van der Waals surface area (Å²) in [6.45, 7) is 4.43. The number of hydrogen-bond donors (Lipinski definition) is 0. The zero-order valence-electron chi connectivity index (χ0n) is 9.36. The first-order chi connectivity index (χ1) is 7.57. The summed E-state index contributed by atoms with van der Waals surface area (Å²) in [4.78, 5) is 0.765. The van der Waals surface area contributed by atoms with Crippen molar-refractivity contribution in [3.05, 3.63) is 34.2 Å². The van der Waals surface area contributed by atoms with Crippen LogP contribution < -0.4 is 0 Å². The van der Waals surface area contributed by atoms with E-state index in [0.29, 0.717) is 16.4 Å². The topological polar surface area (TPSA) is 43.4 Å². The third kappa shape index (κ3) is 1.68. The third-order valence-corrected chi connectivity index (χ3v) is 4.53. The fourth-order valence-corrected chi connectivity index (χ4v) is 3.34. The highest BCUT2D eigenvalue weighted by Gasteiger charge is 2.29. The van der Waals surface area contributed by atoms with Gasteiger partial charge in [-0.25, -0.2) is 8.42 Å². The minimum atomic E-state index is -3.31. The Labute approximate surface area is 95.7 Å². The Hall–Kier alpha value is -1.13. The minimum absolute atomic E-state index is 0.160. The van der Waals surface area contributed by atoms with E-state index in [0.717, 1.165) is 11.1 Å². The molecule has 0 radical (unpaired) electrons. The highest BCUT2D eigenvalue weighted by Crippen LogP contribution is 2.34. The third-order valence-electron chi connectivity index (χ3n) is 2.67. The van der Waals surface area contributed by atoms with Crippen LogP contribution in [0, 0.1) is 6.92 Å². The van der Waals surface area contributed by atoms with Crippen LogP contribution in [0.4, 0.5) is 0 Å². The van der Waals surface area contributed by atoms with Crippen LogP contribution in [-0.2, 0) is 14.6 Å². The van der Waals surface area contributed by atoms with Gasteiger partial charge >= 0.3 is 0 Å². The van der Waals surface area contributed by atoms with Crippen LogP contribution >= 0.6 is 0 Å². The van der Waals surface area contributed by atoms with E-state index in [9.17, 15) is 8.42 Å². The van der Waals surface area contributed by atoms with E-state index in [1.807, 2.05) is 19.9 Å². The molecule has 0 fully saturated rings. The number of fused-ring (bicyclic) bond motifs is 1. The fraction of sp³-hybridized carbons (Fsp3) is 0.333. The van der Waals surface area contributed by atoms with Crippen molar-refractivity contribution >= 4 is 15.9 Å². The van der Waals surface area contributed by atoms with Gasteiger partial charge in [0.05, 0.1) is 16.4 Å². The number of rotatable bonds is 3. The molecule has 0 aromatic heterocycles. The maximum atomic E-state index is 12.1. The van der Waals surface area contributed by atoms with Crippen LogP contribution in [0.1, 0.15) is 18.1 Å². The molecule has 1 aromatic rings. The first-order valence-corrected chi connectivity index (χ1v) is 6.68. The van der Waals surface area contributed by atoms with Gasteiger partial charge in [-0.3, -0.25) is 0 Å². The van der Waals surface area contributed by atoms with E-state index in [-0.39, 0.29) is 6.61 Å². The molecule has 16 heavy (non-hydrogen) atoms. The van der Waals surface area contributed by atoms with Crippen LogP contribution in [0.25, 0.3) is 6.08 Å². The first-order valence-electron chi connectivity index (χ1n) is 5.20. The molecule has 1 aromatic carbocycles. The molecule has 0 atom stereocenters. The summed E-state index contributed by atoms with van der Waals surface area (Å²) in [6.07, 6.45) is 1.72. The monoisotopic (exact) mass is 238 g/mol. The lowest BCUT2D eigenvalue weighted by Gasteiger charge is -2.03. The zero-order valence-corrected chi connectivity index (χ0v) is 10.2. The fourth-order valence-electron chi connectivity index (χ4n) is 1.77. The highest BCUT2D eigenvalue weighted by atomic mass is 32.2. The second-order valence-corrected chi connectivity index (χ2v) is 5.71. The molecular weight excluding hydrogens is 224 g/mol. The molecular formula is C12H14O3S. The second kappa shape index (κ2) is 4.03. The van der Waals surface area contributed by atoms with Crippen molar-refractivity contribution in [3.8, 4) is 0 Å². The molecule has 0 aliphatic carbocycles. The number of aryl methyl sites for hydroxylation is 1. The molecule has 2 rings (SSSR count). The van der Waals surface area contributed by atoms with E-state index in [1.54, 1.807) is 18.2 Å². The van der Waals surface area contributed by atoms with E-state index in [1.165, 1.54) is 0 Å². The average molecular weight is 238 g/mol. The largest absolute Gasteiger partial charge is 0.376 e. The van der Waals surface area contributed by atoms with Crippen LogP contribution in [0.5, 0.6) is 0 Å². The molecule has 86 valence electrons. The van der Waals surface area contributed by atoms with Gasteiger partial charge in [0.2, 0.25) is 9.84 Å². The van der Waals surface area contributed by atoms with Gasteiger partial charge < -0.3 is 4.74 Å². The maximum Gasteiger partial charge on any atom is 0.205 e. The van der Waals surface area contributed by atoms with Gasteiger partial charge in [0, 0.05) is 6.61 Å². The zero-order chi connectivity index (χ0) is 11.8. The Morgan fingerprint density at radius 1 is 1.31 bits per heavy atom. The number of hydrogen-bond acceptors (Lipinski definition) is 3. The Balaban J connectivity index is 2.49. The minimum Gasteiger partial charge on any atom is -0.376 e. The molecule has 1 heterocycles. The number of sulfone groups is 1. The molecule has 1 aliphatic rings. The lowest BCUT2D eigenvalue weighted by atomic mass is 10.1. The lowest BCUT2D eigenvalue weighted by Crippen LogP contribution is -2.06. The van der Waals surface area contributed by atoms with Gasteiger partial charge in [-0.1, -0.05) is 12.1 Å². The highest BCUT2D eigenvalue weighted by molar-refractivity contribution is 7.95. The summed E-state index contributed by atoms with van der Waals surface area (Å²) in [5.74, 6) is 0. The average Bonchev–Trinajstić information content (AvgIpc) is 2.50. The predicted molar refractivity (Wildman–Crippen MR) is 62.8 cm³/mol. The second-order valence-electron chi connectivity index (χ2n) is 3.74. The molecule has 3 nitrogen and oxygen atoms in total.